The number of nitrogens with one attached hydrogen (secondary N) is 1. The molecule has 1 unspecified atom stereocenters. The minimum Gasteiger partial charge on any atom is -0.356 e. The molecule has 21 heavy (non-hydrogen) atoms. The number of hydrogen-bond acceptors (Lipinski definition) is 3. The van der Waals surface area contributed by atoms with Crippen LogP contribution in [0.4, 0.5) is 5.82 Å². The van der Waals surface area contributed by atoms with Crippen molar-refractivity contribution in [2.45, 2.75) is 40.7 Å². The second-order valence-corrected chi connectivity index (χ2v) is 7.30. The molecule has 4 heteroatoms. The normalized spacial score (nSPS) is 19.0. The molecular formula is C17H28ClN3. The number of pyridine rings is 1. The maximum Gasteiger partial charge on any atom is 0.128 e. The van der Waals surface area contributed by atoms with Gasteiger partial charge in [0.2, 0.25) is 0 Å². The highest BCUT2D eigenvalue weighted by Gasteiger charge is 2.25. The van der Waals surface area contributed by atoms with E-state index < -0.39 is 0 Å². The standard InChI is InChI=1S/C17H28ClN3/c1-12(2)8-19-9-15-7-17(20-10-16(15)18)21-6-5-14(11-21)13(3)4/h7,10,12-14,19H,5-6,8-9,11H2,1-4H3. The van der Waals surface area contributed by atoms with E-state index in [0.717, 1.165) is 54.4 Å². The number of aromatic nitrogens is 1. The zero-order valence-corrected chi connectivity index (χ0v) is 14.5. The summed E-state index contributed by atoms with van der Waals surface area (Å²) in [5, 5.41) is 4.21. The Morgan fingerprint density at radius 3 is 2.76 bits per heavy atom. The minimum absolute atomic E-state index is 0.649. The molecule has 1 saturated heterocycles. The van der Waals surface area contributed by atoms with Crippen LogP contribution in [0.25, 0.3) is 0 Å². The zero-order chi connectivity index (χ0) is 15.4. The summed E-state index contributed by atoms with van der Waals surface area (Å²) in [7, 11) is 0. The molecule has 1 aromatic rings. The lowest BCUT2D eigenvalue weighted by molar-refractivity contribution is 0.422. The molecule has 3 nitrogen and oxygen atoms in total. The molecule has 2 rings (SSSR count). The highest BCUT2D eigenvalue weighted by Crippen LogP contribution is 2.28. The van der Waals surface area contributed by atoms with Gasteiger partial charge in [-0.3, -0.25) is 0 Å². The van der Waals surface area contributed by atoms with Gasteiger partial charge in [-0.15, -0.1) is 0 Å². The van der Waals surface area contributed by atoms with Crippen LogP contribution in [0.15, 0.2) is 12.3 Å². The van der Waals surface area contributed by atoms with Crippen LogP contribution in [0.1, 0.15) is 39.7 Å². The van der Waals surface area contributed by atoms with Gasteiger partial charge in [-0.2, -0.15) is 0 Å². The molecule has 1 N–H and O–H groups in total. The van der Waals surface area contributed by atoms with Crippen LogP contribution in [-0.4, -0.2) is 24.6 Å². The Kier molecular flexibility index (Phi) is 5.88. The van der Waals surface area contributed by atoms with Gasteiger partial charge < -0.3 is 10.2 Å². The molecule has 1 aromatic heterocycles. The van der Waals surface area contributed by atoms with E-state index in [1.54, 1.807) is 6.20 Å². The molecule has 0 amide bonds. The summed E-state index contributed by atoms with van der Waals surface area (Å²) in [6.45, 7) is 13.1. The molecule has 1 aliphatic rings. The van der Waals surface area contributed by atoms with Gasteiger partial charge in [0.1, 0.15) is 5.82 Å². The molecular weight excluding hydrogens is 282 g/mol. The van der Waals surface area contributed by atoms with Crippen LogP contribution in [0.2, 0.25) is 5.02 Å². The summed E-state index contributed by atoms with van der Waals surface area (Å²) in [5.41, 5.74) is 1.15. The number of anilines is 1. The largest absolute Gasteiger partial charge is 0.356 e. The van der Waals surface area contributed by atoms with Gasteiger partial charge in [-0.05, 0) is 42.3 Å². The maximum absolute atomic E-state index is 6.28. The zero-order valence-electron chi connectivity index (χ0n) is 13.7. The fourth-order valence-corrected chi connectivity index (χ4v) is 2.98. The van der Waals surface area contributed by atoms with Crippen molar-refractivity contribution < 1.29 is 0 Å². The summed E-state index contributed by atoms with van der Waals surface area (Å²) in [6.07, 6.45) is 3.06. The fraction of sp³-hybridized carbons (Fsp3) is 0.706. The minimum atomic E-state index is 0.649. The quantitative estimate of drug-likeness (QED) is 0.862. The lowest BCUT2D eigenvalue weighted by Gasteiger charge is -2.20. The van der Waals surface area contributed by atoms with E-state index in [1.165, 1.54) is 6.42 Å². The number of rotatable bonds is 6. The number of halogens is 1. The van der Waals surface area contributed by atoms with Gasteiger partial charge in [0.15, 0.2) is 0 Å². The third kappa shape index (κ3) is 4.58. The first-order chi connectivity index (χ1) is 9.97. The van der Waals surface area contributed by atoms with Crippen LogP contribution in [0.3, 0.4) is 0 Å². The topological polar surface area (TPSA) is 28.2 Å². The molecule has 0 aliphatic carbocycles. The number of nitrogens with zero attached hydrogens (tertiary/aromatic N) is 2. The highest BCUT2D eigenvalue weighted by molar-refractivity contribution is 6.31. The van der Waals surface area contributed by atoms with Crippen molar-refractivity contribution in [3.63, 3.8) is 0 Å². The van der Waals surface area contributed by atoms with Crippen LogP contribution in [-0.2, 0) is 6.54 Å². The molecule has 2 heterocycles. The predicted molar refractivity (Wildman–Crippen MR) is 90.9 cm³/mol. The van der Waals surface area contributed by atoms with Gasteiger partial charge in [-0.25, -0.2) is 4.98 Å². The molecule has 118 valence electrons. The fourth-order valence-electron chi connectivity index (χ4n) is 2.81. The molecule has 1 atom stereocenters. The van der Waals surface area contributed by atoms with E-state index in [2.05, 4.69) is 49.0 Å². The monoisotopic (exact) mass is 309 g/mol. The van der Waals surface area contributed by atoms with Crippen LogP contribution < -0.4 is 10.2 Å². The molecule has 0 aromatic carbocycles. The van der Waals surface area contributed by atoms with E-state index in [-0.39, 0.29) is 0 Å². The van der Waals surface area contributed by atoms with E-state index in [1.807, 2.05) is 0 Å². The first-order valence-electron chi connectivity index (χ1n) is 8.07. The predicted octanol–water partition coefficient (Wildman–Crippen LogP) is 3.96. The molecule has 1 aliphatic heterocycles. The van der Waals surface area contributed by atoms with Crippen molar-refractivity contribution in [3.8, 4) is 0 Å². The smallest absolute Gasteiger partial charge is 0.128 e. The Bertz CT molecular complexity index is 459. The van der Waals surface area contributed by atoms with Crippen LogP contribution >= 0.6 is 11.6 Å². The molecule has 0 bridgehead atoms. The van der Waals surface area contributed by atoms with Crippen LogP contribution in [0.5, 0.6) is 0 Å². The summed E-state index contributed by atoms with van der Waals surface area (Å²) in [5.74, 6) is 3.25. The number of hydrogen-bond donors (Lipinski definition) is 1. The third-order valence-electron chi connectivity index (χ3n) is 4.28. The summed E-state index contributed by atoms with van der Waals surface area (Å²) < 4.78 is 0. The molecule has 0 saturated carbocycles. The Hall–Kier alpha value is -0.800. The summed E-state index contributed by atoms with van der Waals surface area (Å²) >= 11 is 6.28. The Morgan fingerprint density at radius 1 is 1.38 bits per heavy atom. The van der Waals surface area contributed by atoms with Crippen molar-refractivity contribution in [3.05, 3.63) is 22.8 Å². The average molecular weight is 310 g/mol. The van der Waals surface area contributed by atoms with Gasteiger partial charge in [-0.1, -0.05) is 39.3 Å². The van der Waals surface area contributed by atoms with Crippen molar-refractivity contribution in [1.82, 2.24) is 10.3 Å². The Labute approximate surface area is 134 Å². The Balaban J connectivity index is 2.01. The van der Waals surface area contributed by atoms with Gasteiger partial charge in [0.05, 0.1) is 5.02 Å². The van der Waals surface area contributed by atoms with E-state index in [9.17, 15) is 0 Å². The van der Waals surface area contributed by atoms with Gasteiger partial charge >= 0.3 is 0 Å². The second kappa shape index (κ2) is 7.46. The molecule has 0 spiro atoms. The van der Waals surface area contributed by atoms with Crippen molar-refractivity contribution in [2.24, 2.45) is 17.8 Å². The maximum atomic E-state index is 6.28. The lowest BCUT2D eigenvalue weighted by Crippen LogP contribution is -2.23. The summed E-state index contributed by atoms with van der Waals surface area (Å²) in [4.78, 5) is 6.92. The third-order valence-corrected chi connectivity index (χ3v) is 4.62. The van der Waals surface area contributed by atoms with Crippen molar-refractivity contribution in [1.29, 1.82) is 0 Å². The highest BCUT2D eigenvalue weighted by atomic mass is 35.5. The second-order valence-electron chi connectivity index (χ2n) is 6.90. The SMILES string of the molecule is CC(C)CNCc1cc(N2CCC(C(C)C)C2)ncc1Cl. The Morgan fingerprint density at radius 2 is 2.14 bits per heavy atom. The van der Waals surface area contributed by atoms with E-state index in [4.69, 9.17) is 11.6 Å². The first kappa shape index (κ1) is 16.6. The first-order valence-corrected chi connectivity index (χ1v) is 8.45. The summed E-state index contributed by atoms with van der Waals surface area (Å²) in [6, 6.07) is 2.15. The molecule has 0 radical (unpaired) electrons. The van der Waals surface area contributed by atoms with Gasteiger partial charge in [0, 0.05) is 25.8 Å². The average Bonchev–Trinajstić information content (AvgIpc) is 2.90. The van der Waals surface area contributed by atoms with E-state index >= 15 is 0 Å². The van der Waals surface area contributed by atoms with E-state index in [0.29, 0.717) is 5.92 Å². The van der Waals surface area contributed by atoms with Gasteiger partial charge in [0.25, 0.3) is 0 Å². The van der Waals surface area contributed by atoms with Crippen molar-refractivity contribution in [2.75, 3.05) is 24.5 Å². The lowest BCUT2D eigenvalue weighted by atomic mass is 9.95. The van der Waals surface area contributed by atoms with Crippen LogP contribution in [0, 0.1) is 17.8 Å². The van der Waals surface area contributed by atoms with Crippen molar-refractivity contribution >= 4 is 17.4 Å². The molecule has 1 fully saturated rings.